The van der Waals surface area contributed by atoms with E-state index in [-0.39, 0.29) is 11.6 Å². The van der Waals surface area contributed by atoms with Gasteiger partial charge >= 0.3 is 0 Å². The van der Waals surface area contributed by atoms with E-state index in [0.29, 0.717) is 16.6 Å². The van der Waals surface area contributed by atoms with Crippen LogP contribution in [0.25, 0.3) is 0 Å². The molecule has 0 bridgehead atoms. The van der Waals surface area contributed by atoms with Crippen LogP contribution in [0.3, 0.4) is 0 Å². The highest BCUT2D eigenvalue weighted by molar-refractivity contribution is 9.10. The summed E-state index contributed by atoms with van der Waals surface area (Å²) in [5, 5.41) is 2.56. The number of carbonyl (C=O) groups excluding carboxylic acids is 1. The van der Waals surface area contributed by atoms with Gasteiger partial charge in [-0.15, -0.1) is 0 Å². The van der Waals surface area contributed by atoms with Crippen LogP contribution in [-0.4, -0.2) is 12.0 Å². The second-order valence-electron chi connectivity index (χ2n) is 4.94. The summed E-state index contributed by atoms with van der Waals surface area (Å²) in [6.45, 7) is 3.79. The molecular weight excluding hydrogens is 349 g/mol. The van der Waals surface area contributed by atoms with Crippen LogP contribution in [0.1, 0.15) is 18.9 Å². The number of rotatable bonds is 5. The number of anilines is 1. The first kappa shape index (κ1) is 16.5. The number of amides is 1. The van der Waals surface area contributed by atoms with Gasteiger partial charge in [0.15, 0.2) is 6.10 Å². The molecule has 3 nitrogen and oxygen atoms in total. The van der Waals surface area contributed by atoms with Gasteiger partial charge in [0.1, 0.15) is 11.6 Å². The molecule has 0 unspecified atom stereocenters. The van der Waals surface area contributed by atoms with E-state index in [4.69, 9.17) is 4.74 Å². The zero-order valence-electron chi connectivity index (χ0n) is 12.4. The SMILES string of the molecule is CC[C@H](Oc1cccc(C)c1)C(=O)Nc1ccc(Br)cc1F. The fraction of sp³-hybridized carbons (Fsp3) is 0.235. The van der Waals surface area contributed by atoms with E-state index in [0.717, 1.165) is 5.56 Å². The molecule has 1 amide bonds. The van der Waals surface area contributed by atoms with E-state index in [1.54, 1.807) is 12.1 Å². The molecule has 0 heterocycles. The highest BCUT2D eigenvalue weighted by Gasteiger charge is 2.19. The number of hydrogen-bond donors (Lipinski definition) is 1. The van der Waals surface area contributed by atoms with Gasteiger partial charge in [-0.05, 0) is 49.2 Å². The molecule has 1 atom stereocenters. The minimum Gasteiger partial charge on any atom is -0.481 e. The summed E-state index contributed by atoms with van der Waals surface area (Å²) in [5.41, 5.74) is 1.19. The lowest BCUT2D eigenvalue weighted by atomic mass is 10.2. The molecule has 0 aliphatic carbocycles. The van der Waals surface area contributed by atoms with Crippen molar-refractivity contribution >= 4 is 27.5 Å². The van der Waals surface area contributed by atoms with Gasteiger partial charge in [-0.1, -0.05) is 35.0 Å². The molecule has 2 rings (SSSR count). The molecule has 0 saturated heterocycles. The molecule has 0 aliphatic rings. The number of carbonyl (C=O) groups is 1. The first-order valence-electron chi connectivity index (χ1n) is 6.99. The predicted molar refractivity (Wildman–Crippen MR) is 88.6 cm³/mol. The summed E-state index contributed by atoms with van der Waals surface area (Å²) in [6.07, 6.45) is -0.192. The van der Waals surface area contributed by atoms with Gasteiger partial charge in [0.2, 0.25) is 0 Å². The number of aryl methyl sites for hydroxylation is 1. The normalized spacial score (nSPS) is 11.8. The topological polar surface area (TPSA) is 38.3 Å². The molecule has 1 N–H and O–H groups in total. The van der Waals surface area contributed by atoms with Crippen molar-refractivity contribution in [3.8, 4) is 5.75 Å². The average molecular weight is 366 g/mol. The van der Waals surface area contributed by atoms with Crippen LogP contribution in [-0.2, 0) is 4.79 Å². The Bertz CT molecular complexity index is 675. The predicted octanol–water partition coefficient (Wildman–Crippen LogP) is 4.69. The standard InChI is InChI=1S/C17H17BrFNO2/c1-3-16(22-13-6-4-5-11(2)9-13)17(21)20-15-8-7-12(18)10-14(15)19/h4-10,16H,3H2,1-2H3,(H,20,21)/t16-/m0/s1. The molecule has 0 spiro atoms. The van der Waals surface area contributed by atoms with Crippen LogP contribution in [0.15, 0.2) is 46.9 Å². The third kappa shape index (κ3) is 4.31. The summed E-state index contributed by atoms with van der Waals surface area (Å²) in [5.74, 6) is -0.239. The van der Waals surface area contributed by atoms with Crippen LogP contribution < -0.4 is 10.1 Å². The van der Waals surface area contributed by atoms with Crippen molar-refractivity contribution in [1.82, 2.24) is 0 Å². The summed E-state index contributed by atoms with van der Waals surface area (Å²) < 4.78 is 20.1. The summed E-state index contributed by atoms with van der Waals surface area (Å²) in [4.78, 5) is 12.3. The van der Waals surface area contributed by atoms with E-state index in [1.807, 2.05) is 32.0 Å². The van der Waals surface area contributed by atoms with Crippen molar-refractivity contribution < 1.29 is 13.9 Å². The molecule has 0 radical (unpaired) electrons. The van der Waals surface area contributed by atoms with Gasteiger partial charge in [-0.2, -0.15) is 0 Å². The van der Waals surface area contributed by atoms with Crippen molar-refractivity contribution in [1.29, 1.82) is 0 Å². The third-order valence-corrected chi connectivity index (χ3v) is 3.61. The highest BCUT2D eigenvalue weighted by Crippen LogP contribution is 2.21. The molecule has 0 aliphatic heterocycles. The average Bonchev–Trinajstić information content (AvgIpc) is 2.47. The Labute approximate surface area is 137 Å². The van der Waals surface area contributed by atoms with Crippen molar-refractivity contribution in [3.05, 3.63) is 58.3 Å². The van der Waals surface area contributed by atoms with Crippen molar-refractivity contribution in [3.63, 3.8) is 0 Å². The van der Waals surface area contributed by atoms with E-state index in [2.05, 4.69) is 21.2 Å². The fourth-order valence-corrected chi connectivity index (χ4v) is 2.31. The maximum Gasteiger partial charge on any atom is 0.265 e. The molecule has 5 heteroatoms. The van der Waals surface area contributed by atoms with E-state index in [1.165, 1.54) is 12.1 Å². The van der Waals surface area contributed by atoms with Crippen molar-refractivity contribution in [2.24, 2.45) is 0 Å². The largest absolute Gasteiger partial charge is 0.481 e. The van der Waals surface area contributed by atoms with Gasteiger partial charge in [0.25, 0.3) is 5.91 Å². The van der Waals surface area contributed by atoms with Crippen LogP contribution in [0.5, 0.6) is 5.75 Å². The first-order valence-corrected chi connectivity index (χ1v) is 7.78. The smallest absolute Gasteiger partial charge is 0.265 e. The fourth-order valence-electron chi connectivity index (χ4n) is 1.98. The number of benzene rings is 2. The zero-order valence-corrected chi connectivity index (χ0v) is 14.0. The molecule has 22 heavy (non-hydrogen) atoms. The van der Waals surface area contributed by atoms with Crippen LogP contribution in [0.2, 0.25) is 0 Å². The Morgan fingerprint density at radius 2 is 2.09 bits per heavy atom. The lowest BCUT2D eigenvalue weighted by Gasteiger charge is -2.18. The van der Waals surface area contributed by atoms with Gasteiger partial charge in [0.05, 0.1) is 5.69 Å². The Morgan fingerprint density at radius 3 is 2.73 bits per heavy atom. The van der Waals surface area contributed by atoms with E-state index >= 15 is 0 Å². The Hall–Kier alpha value is -1.88. The van der Waals surface area contributed by atoms with Gasteiger partial charge in [0, 0.05) is 4.47 Å². The Morgan fingerprint density at radius 1 is 1.32 bits per heavy atom. The first-order chi connectivity index (χ1) is 10.5. The number of nitrogens with one attached hydrogen (secondary N) is 1. The van der Waals surface area contributed by atoms with E-state index < -0.39 is 11.9 Å². The Kier molecular flexibility index (Phi) is 5.55. The maximum absolute atomic E-state index is 13.8. The minimum absolute atomic E-state index is 0.138. The molecular formula is C17H17BrFNO2. The monoisotopic (exact) mass is 365 g/mol. The van der Waals surface area contributed by atoms with Crippen molar-refractivity contribution in [2.75, 3.05) is 5.32 Å². The van der Waals surface area contributed by atoms with Crippen molar-refractivity contribution in [2.45, 2.75) is 26.4 Å². The quantitative estimate of drug-likeness (QED) is 0.834. The van der Waals surface area contributed by atoms with Crippen LogP contribution >= 0.6 is 15.9 Å². The number of ether oxygens (including phenoxy) is 1. The molecule has 0 saturated carbocycles. The highest BCUT2D eigenvalue weighted by atomic mass is 79.9. The second-order valence-corrected chi connectivity index (χ2v) is 5.86. The molecule has 0 aromatic heterocycles. The number of halogens is 2. The second kappa shape index (κ2) is 7.40. The zero-order chi connectivity index (χ0) is 16.1. The number of hydrogen-bond acceptors (Lipinski definition) is 2. The van der Waals surface area contributed by atoms with Gasteiger partial charge in [-0.25, -0.2) is 4.39 Å². The third-order valence-electron chi connectivity index (χ3n) is 3.12. The molecule has 116 valence electrons. The lowest BCUT2D eigenvalue weighted by molar-refractivity contribution is -0.122. The lowest BCUT2D eigenvalue weighted by Crippen LogP contribution is -2.32. The summed E-state index contributed by atoms with van der Waals surface area (Å²) >= 11 is 3.18. The van der Waals surface area contributed by atoms with Gasteiger partial charge < -0.3 is 10.1 Å². The van der Waals surface area contributed by atoms with Gasteiger partial charge in [-0.3, -0.25) is 4.79 Å². The molecule has 2 aromatic rings. The Balaban J connectivity index is 2.08. The van der Waals surface area contributed by atoms with E-state index in [9.17, 15) is 9.18 Å². The minimum atomic E-state index is -0.676. The van der Waals surface area contributed by atoms with Crippen LogP contribution in [0, 0.1) is 12.7 Å². The summed E-state index contributed by atoms with van der Waals surface area (Å²) in [6, 6.07) is 11.9. The molecule has 2 aromatic carbocycles. The molecule has 0 fully saturated rings. The van der Waals surface area contributed by atoms with Crippen LogP contribution in [0.4, 0.5) is 10.1 Å². The summed E-state index contributed by atoms with van der Waals surface area (Å²) in [7, 11) is 0. The maximum atomic E-state index is 13.8.